The lowest BCUT2D eigenvalue weighted by Gasteiger charge is -2.21. The SMILES string of the molecule is CCC(C)N1C(=O)/C(=C\c2ccccc2OC)SC1=S. The van der Waals surface area contributed by atoms with Gasteiger partial charge in [0.15, 0.2) is 0 Å². The van der Waals surface area contributed by atoms with Crippen molar-refractivity contribution in [1.29, 1.82) is 0 Å². The molecule has 1 saturated heterocycles. The van der Waals surface area contributed by atoms with Crippen molar-refractivity contribution in [2.24, 2.45) is 0 Å². The molecule has 0 radical (unpaired) electrons. The Balaban J connectivity index is 2.33. The summed E-state index contributed by atoms with van der Waals surface area (Å²) in [6.45, 7) is 4.06. The predicted molar refractivity (Wildman–Crippen MR) is 87.8 cm³/mol. The Bertz CT molecular complexity index is 569. The van der Waals surface area contributed by atoms with Crippen LogP contribution in [0.2, 0.25) is 0 Å². The van der Waals surface area contributed by atoms with Crippen LogP contribution in [0.3, 0.4) is 0 Å². The second kappa shape index (κ2) is 6.41. The average Bonchev–Trinajstić information content (AvgIpc) is 2.73. The van der Waals surface area contributed by atoms with Gasteiger partial charge in [0.25, 0.3) is 5.91 Å². The summed E-state index contributed by atoms with van der Waals surface area (Å²) in [6, 6.07) is 7.76. The summed E-state index contributed by atoms with van der Waals surface area (Å²) in [5, 5.41) is 0. The predicted octanol–water partition coefficient (Wildman–Crippen LogP) is 3.69. The highest BCUT2D eigenvalue weighted by atomic mass is 32.2. The average molecular weight is 307 g/mol. The molecule has 0 aliphatic carbocycles. The van der Waals surface area contributed by atoms with Crippen LogP contribution in [0.25, 0.3) is 6.08 Å². The standard InChI is InChI=1S/C15H17NO2S2/c1-4-10(2)16-14(17)13(20-15(16)19)9-11-7-5-6-8-12(11)18-3/h5-10H,4H2,1-3H3/b13-9+. The van der Waals surface area contributed by atoms with Gasteiger partial charge in [-0.05, 0) is 25.5 Å². The quantitative estimate of drug-likeness (QED) is 0.627. The summed E-state index contributed by atoms with van der Waals surface area (Å²) < 4.78 is 5.93. The van der Waals surface area contributed by atoms with E-state index in [-0.39, 0.29) is 11.9 Å². The summed E-state index contributed by atoms with van der Waals surface area (Å²) in [7, 11) is 1.62. The molecule has 1 heterocycles. The molecular weight excluding hydrogens is 290 g/mol. The number of hydrogen-bond acceptors (Lipinski definition) is 4. The van der Waals surface area contributed by atoms with Crippen LogP contribution in [-0.2, 0) is 4.79 Å². The molecule has 1 aliphatic rings. The molecule has 5 heteroatoms. The van der Waals surface area contributed by atoms with Crippen LogP contribution in [0, 0.1) is 0 Å². The number of ether oxygens (including phenoxy) is 1. The number of thioether (sulfide) groups is 1. The van der Waals surface area contributed by atoms with Crippen molar-refractivity contribution >= 4 is 40.3 Å². The van der Waals surface area contributed by atoms with Crippen LogP contribution >= 0.6 is 24.0 Å². The van der Waals surface area contributed by atoms with E-state index in [1.807, 2.05) is 44.2 Å². The molecule has 1 amide bonds. The number of para-hydroxylation sites is 1. The molecule has 1 unspecified atom stereocenters. The first kappa shape index (κ1) is 15.1. The molecule has 1 aliphatic heterocycles. The highest BCUT2D eigenvalue weighted by molar-refractivity contribution is 8.26. The maximum Gasteiger partial charge on any atom is 0.266 e. The fraction of sp³-hybridized carbons (Fsp3) is 0.333. The van der Waals surface area contributed by atoms with Crippen LogP contribution in [0.5, 0.6) is 5.75 Å². The summed E-state index contributed by atoms with van der Waals surface area (Å²) >= 11 is 6.66. The van der Waals surface area contributed by atoms with E-state index in [1.54, 1.807) is 12.0 Å². The molecular formula is C15H17NO2S2. The van der Waals surface area contributed by atoms with Crippen molar-refractivity contribution in [2.45, 2.75) is 26.3 Å². The first-order valence-corrected chi connectivity index (χ1v) is 7.71. The maximum absolute atomic E-state index is 12.4. The van der Waals surface area contributed by atoms with Gasteiger partial charge in [0, 0.05) is 11.6 Å². The number of amides is 1. The number of carbonyl (C=O) groups excluding carboxylic acids is 1. The summed E-state index contributed by atoms with van der Waals surface area (Å²) in [5.74, 6) is 0.738. The fourth-order valence-corrected chi connectivity index (χ4v) is 3.42. The van der Waals surface area contributed by atoms with Crippen molar-refractivity contribution in [3.8, 4) is 5.75 Å². The number of methoxy groups -OCH3 is 1. The lowest BCUT2D eigenvalue weighted by molar-refractivity contribution is -0.123. The van der Waals surface area contributed by atoms with Gasteiger partial charge in [0.1, 0.15) is 10.1 Å². The molecule has 0 spiro atoms. The Hall–Kier alpha value is -1.33. The van der Waals surface area contributed by atoms with Gasteiger partial charge in [-0.15, -0.1) is 0 Å². The Morgan fingerprint density at radius 3 is 2.80 bits per heavy atom. The minimum Gasteiger partial charge on any atom is -0.496 e. The van der Waals surface area contributed by atoms with Crippen molar-refractivity contribution in [1.82, 2.24) is 4.90 Å². The van der Waals surface area contributed by atoms with E-state index in [0.717, 1.165) is 17.7 Å². The first-order valence-electron chi connectivity index (χ1n) is 6.48. The number of rotatable bonds is 4. The van der Waals surface area contributed by atoms with Crippen LogP contribution < -0.4 is 4.74 Å². The van der Waals surface area contributed by atoms with E-state index in [1.165, 1.54) is 11.8 Å². The van der Waals surface area contributed by atoms with E-state index < -0.39 is 0 Å². The molecule has 0 saturated carbocycles. The number of thiocarbonyl (C=S) groups is 1. The van der Waals surface area contributed by atoms with Gasteiger partial charge >= 0.3 is 0 Å². The van der Waals surface area contributed by atoms with Crippen molar-refractivity contribution in [2.75, 3.05) is 7.11 Å². The Labute approximate surface area is 129 Å². The molecule has 20 heavy (non-hydrogen) atoms. The van der Waals surface area contributed by atoms with E-state index in [0.29, 0.717) is 9.23 Å². The summed E-state index contributed by atoms with van der Waals surface area (Å²) in [4.78, 5) is 14.8. The smallest absolute Gasteiger partial charge is 0.266 e. The molecule has 1 aromatic rings. The van der Waals surface area contributed by atoms with Gasteiger partial charge in [0.05, 0.1) is 12.0 Å². The molecule has 1 aromatic carbocycles. The third-order valence-electron chi connectivity index (χ3n) is 3.28. The van der Waals surface area contributed by atoms with Crippen molar-refractivity contribution in [3.63, 3.8) is 0 Å². The Morgan fingerprint density at radius 2 is 2.15 bits per heavy atom. The second-order valence-corrected chi connectivity index (χ2v) is 6.23. The van der Waals surface area contributed by atoms with Crippen molar-refractivity contribution in [3.05, 3.63) is 34.7 Å². The number of carbonyl (C=O) groups is 1. The van der Waals surface area contributed by atoms with E-state index >= 15 is 0 Å². The maximum atomic E-state index is 12.4. The van der Waals surface area contributed by atoms with Gasteiger partial charge in [-0.3, -0.25) is 9.69 Å². The van der Waals surface area contributed by atoms with Gasteiger partial charge in [-0.25, -0.2) is 0 Å². The largest absolute Gasteiger partial charge is 0.496 e. The van der Waals surface area contributed by atoms with Gasteiger partial charge < -0.3 is 4.74 Å². The zero-order valence-electron chi connectivity index (χ0n) is 11.8. The van der Waals surface area contributed by atoms with Crippen LogP contribution in [0.1, 0.15) is 25.8 Å². The first-order chi connectivity index (χ1) is 9.58. The zero-order valence-corrected chi connectivity index (χ0v) is 13.4. The fourth-order valence-electron chi connectivity index (χ4n) is 1.97. The highest BCUT2D eigenvalue weighted by Gasteiger charge is 2.34. The number of nitrogens with zero attached hydrogens (tertiary/aromatic N) is 1. The summed E-state index contributed by atoms with van der Waals surface area (Å²) in [5.41, 5.74) is 0.889. The van der Waals surface area contributed by atoms with E-state index in [4.69, 9.17) is 17.0 Å². The summed E-state index contributed by atoms with van der Waals surface area (Å²) in [6.07, 6.45) is 2.73. The van der Waals surface area contributed by atoms with Crippen molar-refractivity contribution < 1.29 is 9.53 Å². The topological polar surface area (TPSA) is 29.5 Å². The van der Waals surface area contributed by atoms with Gasteiger partial charge in [0.2, 0.25) is 0 Å². The van der Waals surface area contributed by atoms with Crippen LogP contribution in [0.15, 0.2) is 29.2 Å². The zero-order chi connectivity index (χ0) is 14.7. The lowest BCUT2D eigenvalue weighted by Crippen LogP contribution is -2.36. The van der Waals surface area contributed by atoms with Crippen LogP contribution in [-0.4, -0.2) is 28.3 Å². The molecule has 1 fully saturated rings. The normalized spacial score (nSPS) is 18.8. The Kier molecular flexibility index (Phi) is 4.83. The molecule has 106 valence electrons. The molecule has 0 bridgehead atoms. The van der Waals surface area contributed by atoms with E-state index in [9.17, 15) is 4.79 Å². The highest BCUT2D eigenvalue weighted by Crippen LogP contribution is 2.35. The molecule has 1 atom stereocenters. The molecule has 0 aromatic heterocycles. The second-order valence-electron chi connectivity index (χ2n) is 4.55. The number of hydrogen-bond donors (Lipinski definition) is 0. The monoisotopic (exact) mass is 307 g/mol. The third kappa shape index (κ3) is 2.88. The molecule has 0 N–H and O–H groups in total. The number of benzene rings is 1. The minimum absolute atomic E-state index is 0.0137. The van der Waals surface area contributed by atoms with Gasteiger partial charge in [-0.2, -0.15) is 0 Å². The third-order valence-corrected chi connectivity index (χ3v) is 4.61. The molecule has 3 nitrogen and oxygen atoms in total. The van der Waals surface area contributed by atoms with Crippen LogP contribution in [0.4, 0.5) is 0 Å². The molecule has 2 rings (SSSR count). The minimum atomic E-state index is -0.0137. The van der Waals surface area contributed by atoms with E-state index in [2.05, 4.69) is 0 Å². The lowest BCUT2D eigenvalue weighted by atomic mass is 10.1. The Morgan fingerprint density at radius 1 is 1.45 bits per heavy atom. The van der Waals surface area contributed by atoms with Gasteiger partial charge in [-0.1, -0.05) is 49.1 Å².